The molecular weight excluding hydrogens is 336 g/mol. The van der Waals surface area contributed by atoms with Gasteiger partial charge in [-0.25, -0.2) is 4.79 Å². The molecule has 1 aliphatic carbocycles. The quantitative estimate of drug-likeness (QED) is 0.836. The lowest BCUT2D eigenvalue weighted by Gasteiger charge is -2.18. The molecule has 5 nitrogen and oxygen atoms in total. The van der Waals surface area contributed by atoms with Gasteiger partial charge in [-0.15, -0.1) is 11.3 Å². The second-order valence-corrected chi connectivity index (χ2v) is 7.81. The summed E-state index contributed by atoms with van der Waals surface area (Å²) in [5.74, 6) is -0.0106. The van der Waals surface area contributed by atoms with Gasteiger partial charge in [0, 0.05) is 22.8 Å². The Bertz CT molecular complexity index is 783. The van der Waals surface area contributed by atoms with Crippen molar-refractivity contribution in [3.63, 3.8) is 0 Å². The number of fused-ring (bicyclic) bond motifs is 1. The van der Waals surface area contributed by atoms with Crippen LogP contribution < -0.4 is 5.32 Å². The van der Waals surface area contributed by atoms with E-state index in [1.54, 1.807) is 24.5 Å². The summed E-state index contributed by atoms with van der Waals surface area (Å²) >= 11 is 1.50. The van der Waals surface area contributed by atoms with Gasteiger partial charge in [-0.3, -0.25) is 9.78 Å². The number of nitrogens with one attached hydrogen (secondary N) is 1. The summed E-state index contributed by atoms with van der Waals surface area (Å²) in [5.41, 5.74) is 2.08. The topological polar surface area (TPSA) is 68.3 Å². The number of nitrogens with zero attached hydrogens (tertiary/aromatic N) is 1. The van der Waals surface area contributed by atoms with E-state index in [1.807, 2.05) is 13.8 Å². The Kier molecular flexibility index (Phi) is 5.18. The van der Waals surface area contributed by atoms with Crippen LogP contribution in [0.25, 0.3) is 0 Å². The van der Waals surface area contributed by atoms with Gasteiger partial charge < -0.3 is 10.1 Å². The van der Waals surface area contributed by atoms with Crippen molar-refractivity contribution in [1.82, 2.24) is 4.98 Å². The maximum atomic E-state index is 12.6. The van der Waals surface area contributed by atoms with Gasteiger partial charge in [-0.2, -0.15) is 0 Å². The number of esters is 1. The molecule has 1 N–H and O–H groups in total. The van der Waals surface area contributed by atoms with E-state index in [4.69, 9.17) is 4.74 Å². The molecule has 1 atom stereocenters. The Morgan fingerprint density at radius 3 is 2.72 bits per heavy atom. The lowest BCUT2D eigenvalue weighted by Crippen LogP contribution is -2.18. The van der Waals surface area contributed by atoms with Gasteiger partial charge in [-0.1, -0.05) is 6.92 Å². The molecule has 1 aliphatic rings. The maximum Gasteiger partial charge on any atom is 0.341 e. The van der Waals surface area contributed by atoms with Gasteiger partial charge >= 0.3 is 5.97 Å². The maximum absolute atomic E-state index is 12.6. The molecule has 3 rings (SSSR count). The van der Waals surface area contributed by atoms with Gasteiger partial charge in [0.15, 0.2) is 0 Å². The molecule has 6 heteroatoms. The fraction of sp³-hybridized carbons (Fsp3) is 0.421. The molecule has 0 fully saturated rings. The van der Waals surface area contributed by atoms with Crippen LogP contribution in [0.2, 0.25) is 0 Å². The number of hydrogen-bond acceptors (Lipinski definition) is 5. The van der Waals surface area contributed by atoms with Crippen molar-refractivity contribution in [3.8, 4) is 0 Å². The summed E-state index contributed by atoms with van der Waals surface area (Å²) < 4.78 is 5.42. The van der Waals surface area contributed by atoms with Crippen molar-refractivity contribution in [2.24, 2.45) is 5.92 Å². The lowest BCUT2D eigenvalue weighted by atomic mass is 9.88. The number of carbonyl (C=O) groups excluding carboxylic acids is 2. The van der Waals surface area contributed by atoms with E-state index < -0.39 is 0 Å². The summed E-state index contributed by atoms with van der Waals surface area (Å²) in [6.45, 7) is 5.87. The van der Waals surface area contributed by atoms with E-state index in [0.717, 1.165) is 24.8 Å². The number of hydrogen-bond donors (Lipinski definition) is 1. The summed E-state index contributed by atoms with van der Waals surface area (Å²) in [5, 5.41) is 3.49. The van der Waals surface area contributed by atoms with Crippen LogP contribution in [-0.2, 0) is 17.6 Å². The Hall–Kier alpha value is -2.21. The fourth-order valence-electron chi connectivity index (χ4n) is 3.01. The molecule has 0 aromatic carbocycles. The third-order valence-corrected chi connectivity index (χ3v) is 5.40. The molecular formula is C19H22N2O3S. The summed E-state index contributed by atoms with van der Waals surface area (Å²) in [6, 6.07) is 3.30. The summed E-state index contributed by atoms with van der Waals surface area (Å²) in [7, 11) is 0. The number of aromatic nitrogens is 1. The fourth-order valence-corrected chi connectivity index (χ4v) is 4.40. The van der Waals surface area contributed by atoms with E-state index >= 15 is 0 Å². The summed E-state index contributed by atoms with van der Waals surface area (Å²) in [6.07, 6.45) is 5.78. The predicted molar refractivity (Wildman–Crippen MR) is 98.2 cm³/mol. The molecule has 2 aromatic rings. The number of anilines is 1. The van der Waals surface area contributed by atoms with Gasteiger partial charge in [0.05, 0.1) is 11.7 Å². The van der Waals surface area contributed by atoms with Crippen LogP contribution in [0, 0.1) is 5.92 Å². The molecule has 0 aliphatic heterocycles. The molecule has 0 bridgehead atoms. The monoisotopic (exact) mass is 358 g/mol. The minimum absolute atomic E-state index is 0.200. The SMILES string of the molecule is CC(C)OC(=O)c1c(NC(=O)c2ccncc2)sc2c1CC[C@@H](C)C2. The second-order valence-electron chi connectivity index (χ2n) is 6.70. The van der Waals surface area contributed by atoms with Gasteiger partial charge in [0.2, 0.25) is 0 Å². The molecule has 25 heavy (non-hydrogen) atoms. The van der Waals surface area contributed by atoms with Crippen LogP contribution >= 0.6 is 11.3 Å². The van der Waals surface area contributed by atoms with Crippen molar-refractivity contribution in [2.45, 2.75) is 46.1 Å². The van der Waals surface area contributed by atoms with E-state index in [2.05, 4.69) is 17.2 Å². The van der Waals surface area contributed by atoms with E-state index in [1.165, 1.54) is 16.2 Å². The van der Waals surface area contributed by atoms with Gasteiger partial charge in [-0.05, 0) is 56.7 Å². The van der Waals surface area contributed by atoms with Crippen LogP contribution in [0.3, 0.4) is 0 Å². The first-order chi connectivity index (χ1) is 12.0. The minimum Gasteiger partial charge on any atom is -0.459 e. The van der Waals surface area contributed by atoms with Crippen molar-refractivity contribution in [2.75, 3.05) is 5.32 Å². The van der Waals surface area contributed by atoms with Gasteiger partial charge in [0.25, 0.3) is 5.91 Å². The number of ether oxygens (including phenoxy) is 1. The van der Waals surface area contributed by atoms with E-state index in [-0.39, 0.29) is 18.0 Å². The first-order valence-corrected chi connectivity index (χ1v) is 9.34. The highest BCUT2D eigenvalue weighted by molar-refractivity contribution is 7.17. The normalized spacial score (nSPS) is 16.4. The summed E-state index contributed by atoms with van der Waals surface area (Å²) in [4.78, 5) is 30.2. The molecule has 2 aromatic heterocycles. The molecule has 0 saturated heterocycles. The molecule has 1 amide bonds. The van der Waals surface area contributed by atoms with Gasteiger partial charge in [0.1, 0.15) is 5.00 Å². The highest BCUT2D eigenvalue weighted by Gasteiger charge is 2.29. The molecule has 0 unspecified atom stereocenters. The largest absolute Gasteiger partial charge is 0.459 e. The van der Waals surface area contributed by atoms with Crippen LogP contribution in [0.15, 0.2) is 24.5 Å². The van der Waals surface area contributed by atoms with Crippen molar-refractivity contribution in [1.29, 1.82) is 0 Å². The first-order valence-electron chi connectivity index (χ1n) is 8.52. The number of carbonyl (C=O) groups is 2. The van der Waals surface area contributed by atoms with E-state index in [9.17, 15) is 9.59 Å². The Balaban J connectivity index is 1.94. The van der Waals surface area contributed by atoms with E-state index in [0.29, 0.717) is 22.0 Å². The Morgan fingerprint density at radius 1 is 1.32 bits per heavy atom. The van der Waals surface area contributed by atoms with Crippen LogP contribution in [0.1, 0.15) is 58.3 Å². The highest BCUT2D eigenvalue weighted by Crippen LogP contribution is 2.40. The zero-order valence-electron chi connectivity index (χ0n) is 14.7. The molecule has 0 spiro atoms. The zero-order valence-corrected chi connectivity index (χ0v) is 15.5. The third-order valence-electron chi connectivity index (χ3n) is 4.23. The zero-order chi connectivity index (χ0) is 18.0. The standard InChI is InChI=1S/C19H22N2O3S/c1-11(2)24-19(23)16-14-5-4-12(3)10-15(14)25-18(16)21-17(22)13-6-8-20-9-7-13/h6-9,11-12H,4-5,10H2,1-3H3,(H,21,22)/t12-/m1/s1. The van der Waals surface area contributed by atoms with Crippen LogP contribution in [0.4, 0.5) is 5.00 Å². The second kappa shape index (κ2) is 7.35. The average Bonchev–Trinajstić information content (AvgIpc) is 2.91. The minimum atomic E-state index is -0.355. The average molecular weight is 358 g/mol. The van der Waals surface area contributed by atoms with Crippen LogP contribution in [-0.4, -0.2) is 23.0 Å². The Labute approximate surface area is 151 Å². The number of amides is 1. The predicted octanol–water partition coefficient (Wildman–Crippen LogP) is 4.09. The van der Waals surface area contributed by atoms with Crippen molar-refractivity contribution >= 4 is 28.2 Å². The number of thiophene rings is 1. The Morgan fingerprint density at radius 2 is 2.04 bits per heavy atom. The lowest BCUT2D eigenvalue weighted by molar-refractivity contribution is 0.0378. The highest BCUT2D eigenvalue weighted by atomic mass is 32.1. The first kappa shape index (κ1) is 17.6. The number of pyridine rings is 1. The molecule has 132 valence electrons. The molecule has 2 heterocycles. The number of rotatable bonds is 4. The van der Waals surface area contributed by atoms with Crippen LogP contribution in [0.5, 0.6) is 0 Å². The van der Waals surface area contributed by atoms with Crippen molar-refractivity contribution in [3.05, 3.63) is 46.1 Å². The third kappa shape index (κ3) is 3.90. The van der Waals surface area contributed by atoms with Crippen molar-refractivity contribution < 1.29 is 14.3 Å². The molecule has 0 saturated carbocycles. The smallest absolute Gasteiger partial charge is 0.341 e. The molecule has 0 radical (unpaired) electrons.